The van der Waals surface area contributed by atoms with Crippen LogP contribution >= 0.6 is 0 Å². The first-order valence-electron chi connectivity index (χ1n) is 7.08. The molecule has 2 heteroatoms. The second kappa shape index (κ2) is 8.28. The highest BCUT2D eigenvalue weighted by molar-refractivity contribution is 5.25. The van der Waals surface area contributed by atoms with Crippen molar-refractivity contribution in [3.05, 3.63) is 35.4 Å². The van der Waals surface area contributed by atoms with Crippen molar-refractivity contribution in [3.8, 4) is 0 Å². The molecule has 1 aromatic carbocycles. The monoisotopic (exact) mass is 249 g/mol. The summed E-state index contributed by atoms with van der Waals surface area (Å²) < 4.78 is 5.88. The minimum atomic E-state index is 0.304. The average molecular weight is 249 g/mol. The number of hydrogen-bond donors (Lipinski definition) is 1. The van der Waals surface area contributed by atoms with Gasteiger partial charge in [-0.3, -0.25) is 0 Å². The van der Waals surface area contributed by atoms with Crippen LogP contribution in [-0.2, 0) is 4.74 Å². The molecule has 0 aliphatic carbocycles. The number of benzene rings is 1. The molecule has 0 aliphatic rings. The molecule has 102 valence electrons. The fourth-order valence-corrected chi connectivity index (χ4v) is 1.86. The summed E-state index contributed by atoms with van der Waals surface area (Å²) in [5.41, 5.74) is 2.63. The third-order valence-corrected chi connectivity index (χ3v) is 3.21. The molecule has 2 nitrogen and oxygen atoms in total. The maximum Gasteiger partial charge on any atom is 0.0665 e. The number of aryl methyl sites for hydroxylation is 1. The van der Waals surface area contributed by atoms with Crippen molar-refractivity contribution in [3.63, 3.8) is 0 Å². The van der Waals surface area contributed by atoms with E-state index in [2.05, 4.69) is 57.3 Å². The van der Waals surface area contributed by atoms with Crippen LogP contribution in [0.1, 0.15) is 50.8 Å². The van der Waals surface area contributed by atoms with Crippen molar-refractivity contribution in [2.45, 2.75) is 52.7 Å². The van der Waals surface area contributed by atoms with E-state index in [1.165, 1.54) is 11.1 Å². The van der Waals surface area contributed by atoms with Crippen molar-refractivity contribution < 1.29 is 4.74 Å². The van der Waals surface area contributed by atoms with Crippen LogP contribution in [0.2, 0.25) is 0 Å². The smallest absolute Gasteiger partial charge is 0.0665 e. The molecule has 1 aromatic rings. The highest BCUT2D eigenvalue weighted by Gasteiger charge is 2.12. The van der Waals surface area contributed by atoms with Crippen LogP contribution in [0.15, 0.2) is 24.3 Å². The Morgan fingerprint density at radius 3 is 2.67 bits per heavy atom. The second-order valence-electron chi connectivity index (χ2n) is 4.97. The van der Waals surface area contributed by atoms with Gasteiger partial charge in [-0.2, -0.15) is 0 Å². The van der Waals surface area contributed by atoms with Crippen LogP contribution < -0.4 is 5.32 Å². The Hall–Kier alpha value is -0.860. The van der Waals surface area contributed by atoms with Crippen LogP contribution in [-0.4, -0.2) is 19.3 Å². The van der Waals surface area contributed by atoms with Gasteiger partial charge in [0.25, 0.3) is 0 Å². The molecule has 1 N–H and O–H groups in total. The fraction of sp³-hybridized carbons (Fsp3) is 0.625. The molecule has 18 heavy (non-hydrogen) atoms. The summed E-state index contributed by atoms with van der Waals surface area (Å²) in [5, 5.41) is 3.57. The minimum absolute atomic E-state index is 0.304. The molecule has 0 spiro atoms. The highest BCUT2D eigenvalue weighted by atomic mass is 16.5. The van der Waals surface area contributed by atoms with Gasteiger partial charge in [-0.05, 0) is 38.8 Å². The zero-order valence-corrected chi connectivity index (χ0v) is 12.2. The molecule has 0 bridgehead atoms. The zero-order chi connectivity index (χ0) is 13.4. The van der Waals surface area contributed by atoms with Gasteiger partial charge in [-0.15, -0.1) is 0 Å². The van der Waals surface area contributed by atoms with E-state index in [1.807, 2.05) is 0 Å². The predicted octanol–water partition coefficient (Wildman–Crippen LogP) is 3.85. The van der Waals surface area contributed by atoms with Crippen molar-refractivity contribution >= 4 is 0 Å². The Kier molecular flexibility index (Phi) is 6.99. The van der Waals surface area contributed by atoms with E-state index < -0.39 is 0 Å². The summed E-state index contributed by atoms with van der Waals surface area (Å²) >= 11 is 0. The van der Waals surface area contributed by atoms with E-state index in [9.17, 15) is 0 Å². The first-order chi connectivity index (χ1) is 8.67. The van der Waals surface area contributed by atoms with Gasteiger partial charge in [0.05, 0.1) is 18.8 Å². The van der Waals surface area contributed by atoms with Gasteiger partial charge < -0.3 is 10.1 Å². The summed E-state index contributed by atoms with van der Waals surface area (Å²) in [6, 6.07) is 8.98. The fourth-order valence-electron chi connectivity index (χ4n) is 1.86. The Balaban J connectivity index is 2.65. The molecule has 0 radical (unpaired) electrons. The summed E-state index contributed by atoms with van der Waals surface area (Å²) in [7, 11) is 0. The summed E-state index contributed by atoms with van der Waals surface area (Å²) in [4.78, 5) is 0. The van der Waals surface area contributed by atoms with E-state index in [0.717, 1.165) is 26.0 Å². The van der Waals surface area contributed by atoms with Crippen molar-refractivity contribution in [1.82, 2.24) is 5.32 Å². The van der Waals surface area contributed by atoms with Crippen molar-refractivity contribution in [2.24, 2.45) is 0 Å². The van der Waals surface area contributed by atoms with Gasteiger partial charge in [-0.1, -0.05) is 43.7 Å². The molecule has 0 aliphatic heterocycles. The summed E-state index contributed by atoms with van der Waals surface area (Å²) in [6.45, 7) is 10.4. The quantitative estimate of drug-likeness (QED) is 0.755. The number of ether oxygens (including phenoxy) is 1. The largest absolute Gasteiger partial charge is 0.377 e. The van der Waals surface area contributed by atoms with Gasteiger partial charge in [0.15, 0.2) is 0 Å². The maximum absolute atomic E-state index is 5.88. The molecule has 2 atom stereocenters. The lowest BCUT2D eigenvalue weighted by Gasteiger charge is -2.21. The van der Waals surface area contributed by atoms with Crippen LogP contribution in [0.25, 0.3) is 0 Å². The van der Waals surface area contributed by atoms with E-state index in [0.29, 0.717) is 12.1 Å². The topological polar surface area (TPSA) is 21.3 Å². The van der Waals surface area contributed by atoms with Gasteiger partial charge in [0.1, 0.15) is 0 Å². The van der Waals surface area contributed by atoms with E-state index in [1.54, 1.807) is 0 Å². The van der Waals surface area contributed by atoms with Crippen LogP contribution in [0, 0.1) is 6.92 Å². The van der Waals surface area contributed by atoms with Crippen molar-refractivity contribution in [2.75, 3.05) is 13.2 Å². The van der Waals surface area contributed by atoms with Crippen molar-refractivity contribution in [1.29, 1.82) is 0 Å². The third kappa shape index (κ3) is 5.19. The van der Waals surface area contributed by atoms with Gasteiger partial charge in [0, 0.05) is 0 Å². The predicted molar refractivity (Wildman–Crippen MR) is 77.9 cm³/mol. The molecule has 0 fully saturated rings. The zero-order valence-electron chi connectivity index (χ0n) is 12.2. The Bertz CT molecular complexity index is 338. The molecule has 1 rings (SSSR count). The molecular weight excluding hydrogens is 222 g/mol. The first kappa shape index (κ1) is 15.2. The van der Waals surface area contributed by atoms with Crippen LogP contribution in [0.3, 0.4) is 0 Å². The molecule has 0 aromatic heterocycles. The Morgan fingerprint density at radius 1 is 1.28 bits per heavy atom. The minimum Gasteiger partial charge on any atom is -0.377 e. The average Bonchev–Trinajstić information content (AvgIpc) is 2.38. The standard InChI is InChI=1S/C16H27NO/c1-5-10-17-16(12-18-14(4)6-2)15-9-7-8-13(3)11-15/h7-9,11,14,16-17H,5-6,10,12H2,1-4H3. The van der Waals surface area contributed by atoms with Gasteiger partial charge in [-0.25, -0.2) is 0 Å². The lowest BCUT2D eigenvalue weighted by molar-refractivity contribution is 0.0474. The number of nitrogens with one attached hydrogen (secondary N) is 1. The molecule has 0 saturated carbocycles. The lowest BCUT2D eigenvalue weighted by atomic mass is 10.0. The molecule has 2 unspecified atom stereocenters. The summed E-state index contributed by atoms with van der Waals surface area (Å²) in [6.07, 6.45) is 2.54. The Labute approximate surface area is 112 Å². The lowest BCUT2D eigenvalue weighted by Crippen LogP contribution is -2.28. The molecule has 0 saturated heterocycles. The molecular formula is C16H27NO. The van der Waals surface area contributed by atoms with E-state index in [-0.39, 0.29) is 0 Å². The molecule has 0 amide bonds. The normalized spacial score (nSPS) is 14.4. The second-order valence-corrected chi connectivity index (χ2v) is 4.97. The van der Waals surface area contributed by atoms with Gasteiger partial charge >= 0.3 is 0 Å². The van der Waals surface area contributed by atoms with E-state index in [4.69, 9.17) is 4.74 Å². The SMILES string of the molecule is CCCNC(COC(C)CC)c1cccc(C)c1. The third-order valence-electron chi connectivity index (χ3n) is 3.21. The maximum atomic E-state index is 5.88. The number of hydrogen-bond acceptors (Lipinski definition) is 2. The van der Waals surface area contributed by atoms with E-state index >= 15 is 0 Å². The highest BCUT2D eigenvalue weighted by Crippen LogP contribution is 2.16. The summed E-state index contributed by atoms with van der Waals surface area (Å²) in [5.74, 6) is 0. The number of rotatable bonds is 8. The van der Waals surface area contributed by atoms with Crippen LogP contribution in [0.5, 0.6) is 0 Å². The van der Waals surface area contributed by atoms with Crippen LogP contribution in [0.4, 0.5) is 0 Å². The van der Waals surface area contributed by atoms with Gasteiger partial charge in [0.2, 0.25) is 0 Å². The first-order valence-corrected chi connectivity index (χ1v) is 7.08. The Morgan fingerprint density at radius 2 is 2.06 bits per heavy atom. The molecule has 0 heterocycles.